The fourth-order valence-corrected chi connectivity index (χ4v) is 3.58. The van der Waals surface area contributed by atoms with Gasteiger partial charge in [-0.25, -0.2) is 13.2 Å². The summed E-state index contributed by atoms with van der Waals surface area (Å²) in [5, 5.41) is 0. The lowest BCUT2D eigenvalue weighted by Gasteiger charge is -2.35. The molecule has 2 nitrogen and oxygen atoms in total. The van der Waals surface area contributed by atoms with Crippen molar-refractivity contribution in [3.63, 3.8) is 0 Å². The molecule has 0 aromatic heterocycles. The Morgan fingerprint density at radius 3 is 2.25 bits per heavy atom. The summed E-state index contributed by atoms with van der Waals surface area (Å²) in [4.78, 5) is 14.6. The zero-order valence-electron chi connectivity index (χ0n) is 11.2. The van der Waals surface area contributed by atoms with Crippen molar-refractivity contribution in [2.75, 3.05) is 7.05 Å². The van der Waals surface area contributed by atoms with Crippen LogP contribution < -0.4 is 0 Å². The molecular weight excluding hydrogens is 267 g/mol. The summed E-state index contributed by atoms with van der Waals surface area (Å²) in [7, 11) is 2.02. The minimum Gasteiger partial charge on any atom is -0.300 e. The van der Waals surface area contributed by atoms with Gasteiger partial charge in [0.15, 0.2) is 17.4 Å². The van der Waals surface area contributed by atoms with Crippen LogP contribution in [0.25, 0.3) is 0 Å². The van der Waals surface area contributed by atoms with E-state index in [0.717, 1.165) is 18.9 Å². The van der Waals surface area contributed by atoms with Gasteiger partial charge in [-0.05, 0) is 44.9 Å². The number of Topliss-reactive ketones (excluding diaryl/α,β-unsaturated/α-hetero) is 1. The average Bonchev–Trinajstić information content (AvgIpc) is 2.66. The minimum atomic E-state index is -1.36. The van der Waals surface area contributed by atoms with E-state index >= 15 is 0 Å². The van der Waals surface area contributed by atoms with E-state index in [9.17, 15) is 18.0 Å². The van der Waals surface area contributed by atoms with Gasteiger partial charge in [-0.15, -0.1) is 0 Å². The van der Waals surface area contributed by atoms with Gasteiger partial charge in [0.2, 0.25) is 0 Å². The van der Waals surface area contributed by atoms with Gasteiger partial charge >= 0.3 is 0 Å². The van der Waals surface area contributed by atoms with Crippen molar-refractivity contribution in [2.45, 2.75) is 37.8 Å². The van der Waals surface area contributed by atoms with Crippen LogP contribution in [0, 0.1) is 23.4 Å². The molecule has 2 unspecified atom stereocenters. The second kappa shape index (κ2) is 4.88. The number of carbonyl (C=O) groups is 1. The van der Waals surface area contributed by atoms with Gasteiger partial charge in [0.25, 0.3) is 0 Å². The molecule has 2 aliphatic heterocycles. The van der Waals surface area contributed by atoms with E-state index in [0.29, 0.717) is 31.0 Å². The van der Waals surface area contributed by atoms with Crippen molar-refractivity contribution < 1.29 is 18.0 Å². The van der Waals surface area contributed by atoms with E-state index in [1.165, 1.54) is 0 Å². The lowest BCUT2D eigenvalue weighted by atomic mass is 9.84. The highest BCUT2D eigenvalue weighted by molar-refractivity contribution is 5.98. The maximum atomic E-state index is 13.7. The maximum absolute atomic E-state index is 13.7. The Labute approximate surface area is 115 Å². The molecule has 5 heteroatoms. The quantitative estimate of drug-likeness (QED) is 0.614. The molecule has 0 spiro atoms. The highest BCUT2D eigenvalue weighted by atomic mass is 19.2. The molecule has 0 radical (unpaired) electrons. The maximum Gasteiger partial charge on any atom is 0.172 e. The van der Waals surface area contributed by atoms with Crippen molar-refractivity contribution >= 4 is 5.78 Å². The zero-order chi connectivity index (χ0) is 14.4. The first-order valence-corrected chi connectivity index (χ1v) is 6.88. The third-order valence-electron chi connectivity index (χ3n) is 4.76. The van der Waals surface area contributed by atoms with Crippen LogP contribution in [0.5, 0.6) is 0 Å². The lowest BCUT2D eigenvalue weighted by Crippen LogP contribution is -2.42. The Morgan fingerprint density at radius 2 is 1.65 bits per heavy atom. The summed E-state index contributed by atoms with van der Waals surface area (Å²) in [6.07, 6.45) is 3.22. The summed E-state index contributed by atoms with van der Waals surface area (Å²) in [6.45, 7) is 0. The highest BCUT2D eigenvalue weighted by Crippen LogP contribution is 2.39. The van der Waals surface area contributed by atoms with Crippen LogP contribution in [0.15, 0.2) is 12.1 Å². The lowest BCUT2D eigenvalue weighted by molar-refractivity contribution is 0.0757. The van der Waals surface area contributed by atoms with Crippen LogP contribution in [0.3, 0.4) is 0 Å². The molecule has 2 fully saturated rings. The number of halogens is 3. The standard InChI is InChI=1S/C15H16F3NO/c1-19-9-2-3-10(19)7-8(6-9)15(20)13-11(16)4-5-12(17)14(13)18/h4-5,8-10H,2-3,6-7H2,1H3. The molecule has 1 aromatic rings. The molecule has 20 heavy (non-hydrogen) atoms. The van der Waals surface area contributed by atoms with Gasteiger partial charge in [-0.2, -0.15) is 0 Å². The fourth-order valence-electron chi connectivity index (χ4n) is 3.58. The third-order valence-corrected chi connectivity index (χ3v) is 4.76. The smallest absolute Gasteiger partial charge is 0.172 e. The Kier molecular flexibility index (Phi) is 3.32. The first-order chi connectivity index (χ1) is 9.49. The molecule has 2 aliphatic rings. The first kappa shape index (κ1) is 13.6. The number of ketones is 1. The van der Waals surface area contributed by atoms with Crippen LogP contribution in [0.2, 0.25) is 0 Å². The number of hydrogen-bond donors (Lipinski definition) is 0. The Bertz CT molecular complexity index is 546. The molecule has 0 amide bonds. The normalized spacial score (nSPS) is 29.7. The molecule has 2 bridgehead atoms. The average molecular weight is 283 g/mol. The predicted molar refractivity (Wildman–Crippen MR) is 67.9 cm³/mol. The van der Waals surface area contributed by atoms with Crippen molar-refractivity contribution in [1.82, 2.24) is 4.90 Å². The second-order valence-electron chi connectivity index (χ2n) is 5.80. The van der Waals surface area contributed by atoms with Gasteiger partial charge in [0, 0.05) is 18.0 Å². The zero-order valence-corrected chi connectivity index (χ0v) is 11.2. The van der Waals surface area contributed by atoms with E-state index < -0.39 is 34.7 Å². The molecule has 2 saturated heterocycles. The summed E-state index contributed by atoms with van der Waals surface area (Å²) in [5.74, 6) is -4.51. The molecule has 0 saturated carbocycles. The molecule has 0 aliphatic carbocycles. The number of benzene rings is 1. The van der Waals surface area contributed by atoms with Crippen molar-refractivity contribution in [3.05, 3.63) is 35.1 Å². The number of rotatable bonds is 2. The van der Waals surface area contributed by atoms with Crippen molar-refractivity contribution in [3.8, 4) is 0 Å². The number of carbonyl (C=O) groups excluding carboxylic acids is 1. The van der Waals surface area contributed by atoms with Gasteiger partial charge in [0.1, 0.15) is 5.82 Å². The molecule has 1 aromatic carbocycles. The summed E-state index contributed by atoms with van der Waals surface area (Å²) < 4.78 is 40.6. The summed E-state index contributed by atoms with van der Waals surface area (Å²) in [5.41, 5.74) is -0.709. The van der Waals surface area contributed by atoms with Gasteiger partial charge in [0.05, 0.1) is 5.56 Å². The van der Waals surface area contributed by atoms with Gasteiger partial charge in [-0.1, -0.05) is 0 Å². The highest BCUT2D eigenvalue weighted by Gasteiger charge is 2.42. The molecule has 2 atom stereocenters. The van der Waals surface area contributed by atoms with Crippen LogP contribution in [-0.2, 0) is 0 Å². The number of piperidine rings is 1. The Balaban J connectivity index is 1.89. The van der Waals surface area contributed by atoms with Crippen LogP contribution in [-0.4, -0.2) is 29.8 Å². The second-order valence-corrected chi connectivity index (χ2v) is 5.80. The van der Waals surface area contributed by atoms with E-state index in [1.807, 2.05) is 7.05 Å². The SMILES string of the molecule is CN1C2CCC1CC(C(=O)c1c(F)ccc(F)c1F)C2. The Hall–Kier alpha value is -1.36. The molecule has 108 valence electrons. The van der Waals surface area contributed by atoms with Crippen LogP contribution in [0.1, 0.15) is 36.0 Å². The van der Waals surface area contributed by atoms with Gasteiger partial charge in [-0.3, -0.25) is 4.79 Å². The van der Waals surface area contributed by atoms with Crippen molar-refractivity contribution in [2.24, 2.45) is 5.92 Å². The van der Waals surface area contributed by atoms with E-state index in [1.54, 1.807) is 0 Å². The topological polar surface area (TPSA) is 20.3 Å². The van der Waals surface area contributed by atoms with E-state index in [4.69, 9.17) is 0 Å². The third kappa shape index (κ3) is 2.04. The van der Waals surface area contributed by atoms with Crippen LogP contribution in [0.4, 0.5) is 13.2 Å². The Morgan fingerprint density at radius 1 is 1.10 bits per heavy atom. The summed E-state index contributed by atoms with van der Waals surface area (Å²) >= 11 is 0. The monoisotopic (exact) mass is 283 g/mol. The van der Waals surface area contributed by atoms with E-state index in [2.05, 4.69) is 4.90 Å². The van der Waals surface area contributed by atoms with Gasteiger partial charge < -0.3 is 4.90 Å². The molecule has 2 heterocycles. The fraction of sp³-hybridized carbons (Fsp3) is 0.533. The molecule has 3 rings (SSSR count). The minimum absolute atomic E-state index is 0.294. The summed E-state index contributed by atoms with van der Waals surface area (Å²) in [6, 6.07) is 2.11. The number of fused-ring (bicyclic) bond motifs is 2. The van der Waals surface area contributed by atoms with Crippen LogP contribution >= 0.6 is 0 Å². The molecule has 0 N–H and O–H groups in total. The first-order valence-electron chi connectivity index (χ1n) is 6.88. The predicted octanol–water partition coefficient (Wildman–Crippen LogP) is 3.16. The largest absolute Gasteiger partial charge is 0.300 e. The number of nitrogens with zero attached hydrogens (tertiary/aromatic N) is 1. The van der Waals surface area contributed by atoms with Crippen molar-refractivity contribution in [1.29, 1.82) is 0 Å². The molecular formula is C15H16F3NO. The number of hydrogen-bond acceptors (Lipinski definition) is 2. The van der Waals surface area contributed by atoms with E-state index in [-0.39, 0.29) is 0 Å².